The number of hydrogen-bond acceptors (Lipinski definition) is 4. The lowest BCUT2D eigenvalue weighted by molar-refractivity contribution is -0.149. The molecule has 0 spiro atoms. The Hall–Kier alpha value is -1.32. The average Bonchev–Trinajstić information content (AvgIpc) is 2.38. The van der Waals surface area contributed by atoms with Crippen LogP contribution in [0, 0.1) is 0 Å². The highest BCUT2D eigenvalue weighted by Gasteiger charge is 2.33. The molecule has 6 heteroatoms. The van der Waals surface area contributed by atoms with Gasteiger partial charge in [-0.15, -0.1) is 0 Å². The first kappa shape index (κ1) is 17.7. The van der Waals surface area contributed by atoms with E-state index in [9.17, 15) is 9.36 Å². The molecule has 0 amide bonds. The van der Waals surface area contributed by atoms with Gasteiger partial charge in [0.2, 0.25) is 0 Å². The second-order valence-electron chi connectivity index (χ2n) is 5.43. The van der Waals surface area contributed by atoms with Gasteiger partial charge in [-0.1, -0.05) is 32.0 Å². The molecule has 1 rings (SSSR count). The van der Waals surface area contributed by atoms with Crippen molar-refractivity contribution in [1.82, 2.24) is 5.09 Å². The number of rotatable bonds is 7. The molecular weight excluding hydrogens is 289 g/mol. The molecule has 0 aliphatic carbocycles. The van der Waals surface area contributed by atoms with E-state index in [-0.39, 0.29) is 11.8 Å². The van der Waals surface area contributed by atoms with Gasteiger partial charge < -0.3 is 9.26 Å². The molecular formula is C15H24NO4P. The SMILES string of the molecule is CC(C)OC(=O)[C@H](C)N[P@@](=O)(Oc1ccccc1)C(C)C. The van der Waals surface area contributed by atoms with Crippen molar-refractivity contribution in [1.29, 1.82) is 0 Å². The van der Waals surface area contributed by atoms with Crippen molar-refractivity contribution in [2.24, 2.45) is 0 Å². The van der Waals surface area contributed by atoms with Crippen LogP contribution in [0.1, 0.15) is 34.6 Å². The standard InChI is InChI=1S/C15H24NO4P/c1-11(2)19-15(17)13(5)16-21(18,12(3)4)20-14-9-7-6-8-10-14/h6-13H,1-5H3,(H,16,18)/t13-,21-/m0/s1. The molecule has 0 radical (unpaired) electrons. The quantitative estimate of drug-likeness (QED) is 0.615. The summed E-state index contributed by atoms with van der Waals surface area (Å²) < 4.78 is 23.7. The molecule has 1 N–H and O–H groups in total. The molecule has 1 aromatic carbocycles. The van der Waals surface area contributed by atoms with Gasteiger partial charge in [0.05, 0.1) is 11.8 Å². The highest BCUT2D eigenvalue weighted by molar-refractivity contribution is 7.58. The zero-order valence-corrected chi connectivity index (χ0v) is 14.1. The molecule has 0 saturated carbocycles. The summed E-state index contributed by atoms with van der Waals surface area (Å²) in [6.45, 7) is 8.74. The highest BCUT2D eigenvalue weighted by Crippen LogP contribution is 2.48. The van der Waals surface area contributed by atoms with Crippen LogP contribution in [0.15, 0.2) is 30.3 Å². The predicted molar refractivity (Wildman–Crippen MR) is 83.6 cm³/mol. The molecule has 0 heterocycles. The Morgan fingerprint density at radius 3 is 2.14 bits per heavy atom. The first-order valence-electron chi connectivity index (χ1n) is 7.07. The summed E-state index contributed by atoms with van der Waals surface area (Å²) in [5.41, 5.74) is -0.271. The average molecular weight is 313 g/mol. The van der Waals surface area contributed by atoms with Crippen LogP contribution in [0.4, 0.5) is 0 Å². The van der Waals surface area contributed by atoms with Gasteiger partial charge in [-0.05, 0) is 32.9 Å². The van der Waals surface area contributed by atoms with Gasteiger partial charge in [-0.25, -0.2) is 5.09 Å². The Balaban J connectivity index is 2.81. The molecule has 0 aliphatic heterocycles. The second kappa shape index (κ2) is 7.62. The van der Waals surface area contributed by atoms with Gasteiger partial charge >= 0.3 is 13.5 Å². The van der Waals surface area contributed by atoms with E-state index < -0.39 is 19.5 Å². The lowest BCUT2D eigenvalue weighted by atomic mass is 10.3. The van der Waals surface area contributed by atoms with Crippen LogP contribution in [0.3, 0.4) is 0 Å². The predicted octanol–water partition coefficient (Wildman–Crippen LogP) is 3.60. The number of ether oxygens (including phenoxy) is 1. The number of para-hydroxylation sites is 1. The fraction of sp³-hybridized carbons (Fsp3) is 0.533. The summed E-state index contributed by atoms with van der Waals surface area (Å²) in [5, 5.41) is 2.81. The van der Waals surface area contributed by atoms with Gasteiger partial charge in [-0.2, -0.15) is 0 Å². The zero-order chi connectivity index (χ0) is 16.0. The number of esters is 1. The number of carbonyl (C=O) groups is 1. The largest absolute Gasteiger partial charge is 0.462 e. The summed E-state index contributed by atoms with van der Waals surface area (Å²) >= 11 is 0. The third kappa shape index (κ3) is 5.52. The van der Waals surface area contributed by atoms with E-state index in [0.717, 1.165) is 0 Å². The molecule has 118 valence electrons. The van der Waals surface area contributed by atoms with Gasteiger partial charge in [0.25, 0.3) is 0 Å². The van der Waals surface area contributed by atoms with Crippen molar-refractivity contribution in [2.45, 2.75) is 52.4 Å². The molecule has 0 saturated heterocycles. The third-order valence-electron chi connectivity index (χ3n) is 2.74. The normalized spacial score (nSPS) is 15.6. The smallest absolute Gasteiger partial charge is 0.323 e. The number of nitrogens with one attached hydrogen (secondary N) is 1. The van der Waals surface area contributed by atoms with Crippen molar-refractivity contribution in [3.05, 3.63) is 30.3 Å². The Labute approximate surface area is 126 Å². The van der Waals surface area contributed by atoms with E-state index in [4.69, 9.17) is 9.26 Å². The van der Waals surface area contributed by atoms with E-state index in [0.29, 0.717) is 5.75 Å². The molecule has 21 heavy (non-hydrogen) atoms. The minimum Gasteiger partial charge on any atom is -0.462 e. The first-order valence-corrected chi connectivity index (χ1v) is 8.76. The second-order valence-corrected chi connectivity index (χ2v) is 8.10. The zero-order valence-electron chi connectivity index (χ0n) is 13.2. The summed E-state index contributed by atoms with van der Waals surface area (Å²) in [4.78, 5) is 11.8. The van der Waals surface area contributed by atoms with Crippen LogP contribution in [-0.4, -0.2) is 23.8 Å². The number of carbonyl (C=O) groups excluding carboxylic acids is 1. The molecule has 1 aromatic rings. The highest BCUT2D eigenvalue weighted by atomic mass is 31.2. The van der Waals surface area contributed by atoms with Crippen LogP contribution < -0.4 is 9.61 Å². The van der Waals surface area contributed by atoms with Crippen LogP contribution in [0.2, 0.25) is 0 Å². The van der Waals surface area contributed by atoms with Crippen molar-refractivity contribution in [3.8, 4) is 5.75 Å². The fourth-order valence-corrected chi connectivity index (χ4v) is 3.22. The minimum atomic E-state index is -3.22. The Kier molecular flexibility index (Phi) is 6.43. The van der Waals surface area contributed by atoms with E-state index in [1.807, 2.05) is 6.07 Å². The van der Waals surface area contributed by atoms with Crippen molar-refractivity contribution in [3.63, 3.8) is 0 Å². The van der Waals surface area contributed by atoms with Crippen LogP contribution in [-0.2, 0) is 14.1 Å². The number of benzene rings is 1. The topological polar surface area (TPSA) is 64.6 Å². The number of hydrogen-bond donors (Lipinski definition) is 1. The molecule has 0 aromatic heterocycles. The van der Waals surface area contributed by atoms with Gasteiger partial charge in [-0.3, -0.25) is 9.36 Å². The van der Waals surface area contributed by atoms with E-state index in [2.05, 4.69) is 5.09 Å². The van der Waals surface area contributed by atoms with Crippen molar-refractivity contribution < 1.29 is 18.6 Å². The lowest BCUT2D eigenvalue weighted by Crippen LogP contribution is -2.37. The van der Waals surface area contributed by atoms with Gasteiger partial charge in [0.15, 0.2) is 0 Å². The Morgan fingerprint density at radius 2 is 1.67 bits per heavy atom. The van der Waals surface area contributed by atoms with E-state index in [1.165, 1.54) is 0 Å². The van der Waals surface area contributed by atoms with Crippen LogP contribution in [0.25, 0.3) is 0 Å². The maximum Gasteiger partial charge on any atom is 0.323 e. The summed E-state index contributed by atoms with van der Waals surface area (Å²) in [6, 6.07) is 8.21. The van der Waals surface area contributed by atoms with E-state index in [1.54, 1.807) is 58.9 Å². The maximum atomic E-state index is 12.9. The lowest BCUT2D eigenvalue weighted by Gasteiger charge is -2.26. The van der Waals surface area contributed by atoms with Gasteiger partial charge in [0.1, 0.15) is 11.8 Å². The monoisotopic (exact) mass is 313 g/mol. The summed E-state index contributed by atoms with van der Waals surface area (Å²) in [5.74, 6) is 0.0639. The summed E-state index contributed by atoms with van der Waals surface area (Å²) in [7, 11) is -3.22. The van der Waals surface area contributed by atoms with Crippen molar-refractivity contribution >= 4 is 13.5 Å². The fourth-order valence-electron chi connectivity index (χ4n) is 1.58. The minimum absolute atomic E-state index is 0.213. The van der Waals surface area contributed by atoms with Gasteiger partial charge in [0, 0.05) is 0 Å². The molecule has 0 unspecified atom stereocenters. The van der Waals surface area contributed by atoms with Crippen molar-refractivity contribution in [2.75, 3.05) is 0 Å². The molecule has 0 fully saturated rings. The maximum absolute atomic E-state index is 12.9. The first-order chi connectivity index (χ1) is 9.74. The summed E-state index contributed by atoms with van der Waals surface area (Å²) in [6.07, 6.45) is -0.213. The molecule has 0 aliphatic rings. The van der Waals surface area contributed by atoms with Crippen LogP contribution >= 0.6 is 7.52 Å². The van der Waals surface area contributed by atoms with E-state index >= 15 is 0 Å². The van der Waals surface area contributed by atoms with Crippen LogP contribution in [0.5, 0.6) is 5.75 Å². The third-order valence-corrected chi connectivity index (χ3v) is 5.33. The molecule has 0 bridgehead atoms. The Morgan fingerprint density at radius 1 is 1.10 bits per heavy atom. The Bertz CT molecular complexity index is 502. The molecule has 5 nitrogen and oxygen atoms in total. The molecule has 2 atom stereocenters.